The lowest BCUT2D eigenvalue weighted by Crippen LogP contribution is -2.61. The molecule has 2 aliphatic heterocycles. The summed E-state index contributed by atoms with van der Waals surface area (Å²) in [5.74, 6) is -0.906. The molecule has 208 valence electrons. The topological polar surface area (TPSA) is 126 Å². The van der Waals surface area contributed by atoms with Gasteiger partial charge < -0.3 is 24.1 Å². The molecule has 1 fully saturated rings. The van der Waals surface area contributed by atoms with Crippen LogP contribution in [0.2, 0.25) is 5.02 Å². The van der Waals surface area contributed by atoms with E-state index in [1.54, 1.807) is 13.0 Å². The van der Waals surface area contributed by atoms with Crippen LogP contribution in [-0.4, -0.2) is 63.5 Å². The van der Waals surface area contributed by atoms with E-state index >= 15 is 0 Å². The number of halogens is 1. The number of carboxylic acid groups (broad SMARTS) is 1. The summed E-state index contributed by atoms with van der Waals surface area (Å²) in [6.45, 7) is 5.76. The van der Waals surface area contributed by atoms with Crippen molar-refractivity contribution >= 4 is 39.9 Å². The fraction of sp³-hybridized carbons (Fsp3) is 0.444. The Kier molecular flexibility index (Phi) is 7.71. The quantitative estimate of drug-likeness (QED) is 0.366. The van der Waals surface area contributed by atoms with Crippen LogP contribution in [0.3, 0.4) is 0 Å². The van der Waals surface area contributed by atoms with Gasteiger partial charge in [0.15, 0.2) is 6.23 Å². The van der Waals surface area contributed by atoms with Crippen molar-refractivity contribution in [2.45, 2.75) is 57.6 Å². The van der Waals surface area contributed by atoms with Crippen LogP contribution in [0.15, 0.2) is 41.1 Å². The number of hydrogen-bond donors (Lipinski definition) is 2. The van der Waals surface area contributed by atoms with E-state index in [0.29, 0.717) is 63.5 Å². The number of ether oxygens (including phenoxy) is 2. The number of carbonyl (C=O) groups excluding carboxylic acids is 1. The number of urea groups is 1. The first-order valence-corrected chi connectivity index (χ1v) is 13.8. The summed E-state index contributed by atoms with van der Waals surface area (Å²) in [6.07, 6.45) is 2.13. The number of aliphatic carboxylic acids is 1. The molecule has 2 atom stereocenters. The molecule has 1 saturated heterocycles. The number of oxazole rings is 1. The van der Waals surface area contributed by atoms with Crippen molar-refractivity contribution in [2.24, 2.45) is 0 Å². The van der Waals surface area contributed by atoms with E-state index in [4.69, 9.17) is 25.5 Å². The normalized spacial score (nSPS) is 19.3. The second kappa shape index (κ2) is 10.9. The molecule has 5 rings (SSSR count). The Morgan fingerprint density at radius 1 is 1.31 bits per heavy atom. The molecular formula is C27H30ClN3O7S. The zero-order chi connectivity index (χ0) is 27.9. The van der Waals surface area contributed by atoms with Crippen molar-refractivity contribution in [3.05, 3.63) is 58.4 Å². The second-order valence-corrected chi connectivity index (χ2v) is 11.5. The van der Waals surface area contributed by atoms with Crippen LogP contribution >= 0.6 is 22.9 Å². The van der Waals surface area contributed by atoms with Gasteiger partial charge in [-0.15, -0.1) is 11.3 Å². The number of carboxylic acids is 1. The van der Waals surface area contributed by atoms with E-state index in [0.717, 1.165) is 4.90 Å². The molecule has 2 N–H and O–H groups in total. The lowest BCUT2D eigenvalue weighted by atomic mass is 9.98. The van der Waals surface area contributed by atoms with Crippen molar-refractivity contribution in [1.82, 2.24) is 9.88 Å². The minimum Gasteiger partial charge on any atom is -0.480 e. The Bertz CT molecular complexity index is 1350. The van der Waals surface area contributed by atoms with E-state index < -0.39 is 29.9 Å². The third-order valence-corrected chi connectivity index (χ3v) is 8.90. The highest BCUT2D eigenvalue weighted by molar-refractivity contribution is 7.20. The van der Waals surface area contributed by atoms with Gasteiger partial charge in [-0.05, 0) is 45.2 Å². The average Bonchev–Trinajstić information content (AvgIpc) is 3.55. The maximum Gasteiger partial charge on any atom is 0.329 e. The maximum atomic E-state index is 14.1. The SMILES string of the molecule is Cc1c(-c2ncco2)sc2c1C(O)N(C(C)(C)C(=O)O)C(=O)N2C[C@H](OC1CCOCC1)c1ccccc1Cl. The molecule has 2 aliphatic rings. The number of aliphatic hydroxyl groups excluding tert-OH is 1. The minimum atomic E-state index is -1.72. The van der Waals surface area contributed by atoms with Crippen LogP contribution in [0.1, 0.15) is 55.7 Å². The molecule has 2 amide bonds. The molecule has 4 heterocycles. The zero-order valence-corrected chi connectivity index (χ0v) is 23.4. The number of thiophene rings is 1. The molecule has 2 aromatic heterocycles. The molecule has 10 nitrogen and oxygen atoms in total. The minimum absolute atomic E-state index is 0.0385. The van der Waals surface area contributed by atoms with E-state index in [9.17, 15) is 19.8 Å². The number of rotatable bonds is 8. The molecule has 0 aliphatic carbocycles. The standard InChI is InChI=1S/C27H30ClN3O7S/c1-15-20-23(32)31(27(2,3)25(33)34)26(35)30(24(20)39-21(15)22-29-10-13-37-22)14-19(17-6-4-5-7-18(17)28)38-16-8-11-36-12-9-16/h4-7,10,13,16,19,23,32H,8-9,11-12,14H2,1-3H3,(H,33,34)/t19-,23?/m0/s1. The summed E-state index contributed by atoms with van der Waals surface area (Å²) in [5, 5.41) is 22.4. The molecule has 0 radical (unpaired) electrons. The van der Waals surface area contributed by atoms with Gasteiger partial charge in [-0.3, -0.25) is 9.80 Å². The molecule has 0 saturated carbocycles. The lowest BCUT2D eigenvalue weighted by molar-refractivity contribution is -0.153. The fourth-order valence-electron chi connectivity index (χ4n) is 4.98. The van der Waals surface area contributed by atoms with Gasteiger partial charge in [0.1, 0.15) is 22.9 Å². The summed E-state index contributed by atoms with van der Waals surface area (Å²) in [4.78, 5) is 33.7. The first kappa shape index (κ1) is 27.6. The van der Waals surface area contributed by atoms with Crippen molar-refractivity contribution in [3.63, 3.8) is 0 Å². The summed E-state index contributed by atoms with van der Waals surface area (Å²) >= 11 is 7.85. The average molecular weight is 576 g/mol. The summed E-state index contributed by atoms with van der Waals surface area (Å²) in [7, 11) is 0. The van der Waals surface area contributed by atoms with Gasteiger partial charge in [0, 0.05) is 29.4 Å². The monoisotopic (exact) mass is 575 g/mol. The van der Waals surface area contributed by atoms with E-state index in [-0.39, 0.29) is 12.6 Å². The first-order valence-electron chi connectivity index (χ1n) is 12.6. The van der Waals surface area contributed by atoms with Gasteiger partial charge in [-0.25, -0.2) is 14.6 Å². The fourth-order valence-corrected chi connectivity index (χ4v) is 6.51. The number of anilines is 1. The van der Waals surface area contributed by atoms with Gasteiger partial charge in [0.25, 0.3) is 0 Å². The Morgan fingerprint density at radius 2 is 2.03 bits per heavy atom. The molecule has 0 bridgehead atoms. The van der Waals surface area contributed by atoms with E-state index in [1.165, 1.54) is 42.5 Å². The number of aromatic nitrogens is 1. The lowest BCUT2D eigenvalue weighted by Gasteiger charge is -2.46. The number of hydrogen-bond acceptors (Lipinski definition) is 8. The third-order valence-electron chi connectivity index (χ3n) is 7.24. The molecule has 0 spiro atoms. The van der Waals surface area contributed by atoms with Crippen molar-refractivity contribution in [1.29, 1.82) is 0 Å². The molecule has 1 unspecified atom stereocenters. The number of aliphatic hydroxyl groups is 1. The van der Waals surface area contributed by atoms with Crippen LogP contribution in [0.4, 0.5) is 9.80 Å². The first-order chi connectivity index (χ1) is 18.6. The third kappa shape index (κ3) is 5.05. The number of nitrogens with zero attached hydrogens (tertiary/aromatic N) is 3. The molecular weight excluding hydrogens is 546 g/mol. The number of carbonyl (C=O) groups is 2. The number of amides is 2. The number of benzene rings is 1. The van der Waals surface area contributed by atoms with Gasteiger partial charge in [-0.2, -0.15) is 0 Å². The Hall–Kier alpha value is -2.96. The number of fused-ring (bicyclic) bond motifs is 1. The van der Waals surface area contributed by atoms with Gasteiger partial charge in [-0.1, -0.05) is 29.8 Å². The summed E-state index contributed by atoms with van der Waals surface area (Å²) < 4.78 is 17.6. The highest BCUT2D eigenvalue weighted by Gasteiger charge is 2.50. The summed E-state index contributed by atoms with van der Waals surface area (Å²) in [6, 6.07) is 6.63. The van der Waals surface area contributed by atoms with Crippen LogP contribution in [0, 0.1) is 6.92 Å². The van der Waals surface area contributed by atoms with Crippen molar-refractivity contribution < 1.29 is 33.7 Å². The highest BCUT2D eigenvalue weighted by atomic mass is 35.5. The predicted octanol–water partition coefficient (Wildman–Crippen LogP) is 5.40. The Morgan fingerprint density at radius 3 is 2.67 bits per heavy atom. The maximum absolute atomic E-state index is 14.1. The van der Waals surface area contributed by atoms with Gasteiger partial charge in [0.05, 0.1) is 23.7 Å². The smallest absolute Gasteiger partial charge is 0.329 e. The second-order valence-electron chi connectivity index (χ2n) is 10.1. The van der Waals surface area contributed by atoms with Crippen molar-refractivity contribution in [2.75, 3.05) is 24.7 Å². The predicted molar refractivity (Wildman–Crippen MR) is 145 cm³/mol. The van der Waals surface area contributed by atoms with Crippen LogP contribution in [-0.2, 0) is 14.3 Å². The Labute approximate surface area is 234 Å². The molecule has 39 heavy (non-hydrogen) atoms. The van der Waals surface area contributed by atoms with Crippen LogP contribution < -0.4 is 4.90 Å². The van der Waals surface area contributed by atoms with E-state index in [2.05, 4.69) is 4.98 Å². The van der Waals surface area contributed by atoms with Crippen LogP contribution in [0.25, 0.3) is 10.8 Å². The molecule has 3 aromatic rings. The largest absolute Gasteiger partial charge is 0.480 e. The highest BCUT2D eigenvalue weighted by Crippen LogP contribution is 2.50. The zero-order valence-electron chi connectivity index (χ0n) is 21.8. The summed E-state index contributed by atoms with van der Waals surface area (Å²) in [5.41, 5.74) is 0.0570. The van der Waals surface area contributed by atoms with Crippen molar-refractivity contribution in [3.8, 4) is 10.8 Å². The molecule has 12 heteroatoms. The van der Waals surface area contributed by atoms with Gasteiger partial charge in [0.2, 0.25) is 5.89 Å². The van der Waals surface area contributed by atoms with Crippen LogP contribution in [0.5, 0.6) is 0 Å². The van der Waals surface area contributed by atoms with E-state index in [1.807, 2.05) is 18.2 Å². The molecule has 1 aromatic carbocycles. The Balaban J connectivity index is 1.62. The van der Waals surface area contributed by atoms with Gasteiger partial charge >= 0.3 is 12.0 Å².